The fraction of sp³-hybridized carbons (Fsp3) is 0.333. The molecule has 0 heterocycles. The van der Waals surface area contributed by atoms with Crippen LogP contribution in [0.1, 0.15) is 29.5 Å². The molecule has 24 heavy (non-hydrogen) atoms. The minimum absolute atomic E-state index is 0.181. The number of sulfonamides is 1. The Morgan fingerprint density at radius 3 is 2.38 bits per heavy atom. The first-order chi connectivity index (χ1) is 11.4. The smallest absolute Gasteiger partial charge is 0.265 e. The molecule has 0 radical (unpaired) electrons. The average molecular weight is 366 g/mol. The Morgan fingerprint density at radius 2 is 1.75 bits per heavy atom. The number of hydrogen-bond acceptors (Lipinski definition) is 3. The number of halogens is 1. The van der Waals surface area contributed by atoms with Crippen LogP contribution in [-0.2, 0) is 22.9 Å². The van der Waals surface area contributed by atoms with E-state index in [0.717, 1.165) is 36.8 Å². The zero-order chi connectivity index (χ0) is 17.3. The van der Waals surface area contributed by atoms with Crippen molar-refractivity contribution in [3.05, 3.63) is 52.0 Å². The summed E-state index contributed by atoms with van der Waals surface area (Å²) >= 11 is 5.94. The summed E-state index contributed by atoms with van der Waals surface area (Å²) in [5, 5.41) is 0.571. The summed E-state index contributed by atoms with van der Waals surface area (Å²) in [4.78, 5) is 0.181. The first-order valence-corrected chi connectivity index (χ1v) is 9.75. The van der Waals surface area contributed by atoms with Crippen molar-refractivity contribution in [2.24, 2.45) is 0 Å². The van der Waals surface area contributed by atoms with Crippen LogP contribution in [0.2, 0.25) is 5.02 Å². The van der Waals surface area contributed by atoms with E-state index < -0.39 is 10.0 Å². The number of rotatable bonds is 4. The molecule has 3 rings (SSSR count). The molecule has 0 spiro atoms. The lowest BCUT2D eigenvalue weighted by Gasteiger charge is -2.20. The van der Waals surface area contributed by atoms with Crippen molar-refractivity contribution < 1.29 is 13.2 Å². The third-order valence-corrected chi connectivity index (χ3v) is 5.97. The fourth-order valence-electron chi connectivity index (χ4n) is 3.05. The Balaban J connectivity index is 2.02. The van der Waals surface area contributed by atoms with Gasteiger partial charge in [-0.1, -0.05) is 11.6 Å². The molecular formula is C18H20ClNO3S. The van der Waals surface area contributed by atoms with E-state index >= 15 is 0 Å². The van der Waals surface area contributed by atoms with Crippen LogP contribution in [0.4, 0.5) is 5.69 Å². The second kappa shape index (κ2) is 6.65. The molecule has 1 aliphatic carbocycles. The lowest BCUT2D eigenvalue weighted by Crippen LogP contribution is -2.16. The van der Waals surface area contributed by atoms with Crippen LogP contribution in [0, 0.1) is 6.92 Å². The second-order valence-electron chi connectivity index (χ2n) is 6.04. The van der Waals surface area contributed by atoms with E-state index in [1.807, 2.05) is 13.0 Å². The molecule has 0 aliphatic heterocycles. The third kappa shape index (κ3) is 3.37. The van der Waals surface area contributed by atoms with Gasteiger partial charge in [-0.2, -0.15) is 0 Å². The molecule has 1 N–H and O–H groups in total. The molecule has 1 aliphatic rings. The maximum absolute atomic E-state index is 12.9. The molecule has 0 saturated heterocycles. The SMILES string of the molecule is COc1cc2c(cc1S(=O)(=O)Nc1ccc(Cl)cc1C)CCCC2. The lowest BCUT2D eigenvalue weighted by molar-refractivity contribution is 0.401. The topological polar surface area (TPSA) is 55.4 Å². The van der Waals surface area contributed by atoms with Gasteiger partial charge in [-0.05, 0) is 79.6 Å². The first kappa shape index (κ1) is 17.1. The molecule has 128 valence electrons. The van der Waals surface area contributed by atoms with Gasteiger partial charge in [-0.3, -0.25) is 4.72 Å². The predicted octanol–water partition coefficient (Wildman–Crippen LogP) is 4.34. The number of ether oxygens (including phenoxy) is 1. The van der Waals surface area contributed by atoms with Gasteiger partial charge in [0, 0.05) is 5.02 Å². The minimum atomic E-state index is -3.74. The van der Waals surface area contributed by atoms with Crippen LogP contribution < -0.4 is 9.46 Å². The van der Waals surface area contributed by atoms with Crippen molar-refractivity contribution in [2.75, 3.05) is 11.8 Å². The Bertz CT molecular complexity index is 878. The van der Waals surface area contributed by atoms with E-state index in [9.17, 15) is 8.42 Å². The van der Waals surface area contributed by atoms with Crippen LogP contribution in [0.25, 0.3) is 0 Å². The van der Waals surface area contributed by atoms with Gasteiger partial charge in [0.15, 0.2) is 0 Å². The number of methoxy groups -OCH3 is 1. The molecule has 6 heteroatoms. The number of anilines is 1. The van der Waals surface area contributed by atoms with Gasteiger partial charge in [0.05, 0.1) is 12.8 Å². The van der Waals surface area contributed by atoms with Crippen LogP contribution in [0.3, 0.4) is 0 Å². The largest absolute Gasteiger partial charge is 0.495 e. The van der Waals surface area contributed by atoms with Gasteiger partial charge in [0.2, 0.25) is 0 Å². The summed E-state index contributed by atoms with van der Waals surface area (Å²) in [6.07, 6.45) is 4.09. The van der Waals surface area contributed by atoms with E-state index in [0.29, 0.717) is 16.5 Å². The Hall–Kier alpha value is -1.72. The summed E-state index contributed by atoms with van der Waals surface area (Å²) in [6.45, 7) is 1.81. The zero-order valence-electron chi connectivity index (χ0n) is 13.7. The van der Waals surface area contributed by atoms with E-state index in [2.05, 4.69) is 4.72 Å². The minimum Gasteiger partial charge on any atom is -0.495 e. The van der Waals surface area contributed by atoms with Gasteiger partial charge in [-0.15, -0.1) is 0 Å². The van der Waals surface area contributed by atoms with Crippen molar-refractivity contribution >= 4 is 27.3 Å². The van der Waals surface area contributed by atoms with E-state index in [4.69, 9.17) is 16.3 Å². The molecule has 0 aromatic heterocycles. The fourth-order valence-corrected chi connectivity index (χ4v) is 4.61. The highest BCUT2D eigenvalue weighted by atomic mass is 35.5. The molecular weight excluding hydrogens is 346 g/mol. The Kier molecular flexibility index (Phi) is 4.74. The van der Waals surface area contributed by atoms with Crippen LogP contribution in [0.5, 0.6) is 5.75 Å². The molecule has 2 aromatic carbocycles. The van der Waals surface area contributed by atoms with Crippen LogP contribution >= 0.6 is 11.6 Å². The summed E-state index contributed by atoms with van der Waals surface area (Å²) in [5.74, 6) is 0.384. The molecule has 0 unspecified atom stereocenters. The quantitative estimate of drug-likeness (QED) is 0.876. The summed E-state index contributed by atoms with van der Waals surface area (Å²) in [6, 6.07) is 8.67. The summed E-state index contributed by atoms with van der Waals surface area (Å²) in [7, 11) is -2.25. The van der Waals surface area contributed by atoms with Crippen molar-refractivity contribution in [1.29, 1.82) is 0 Å². The highest BCUT2D eigenvalue weighted by molar-refractivity contribution is 7.92. The molecule has 2 aromatic rings. The summed E-state index contributed by atoms with van der Waals surface area (Å²) < 4.78 is 33.8. The molecule has 0 fully saturated rings. The van der Waals surface area contributed by atoms with Gasteiger partial charge in [-0.25, -0.2) is 8.42 Å². The third-order valence-electron chi connectivity index (χ3n) is 4.35. The number of hydrogen-bond donors (Lipinski definition) is 1. The Labute approximate surface area is 147 Å². The lowest BCUT2D eigenvalue weighted by atomic mass is 9.92. The maximum atomic E-state index is 12.9. The van der Waals surface area contributed by atoms with Crippen molar-refractivity contribution in [1.82, 2.24) is 0 Å². The average Bonchev–Trinajstić information content (AvgIpc) is 2.56. The highest BCUT2D eigenvalue weighted by Gasteiger charge is 2.23. The van der Waals surface area contributed by atoms with E-state index in [-0.39, 0.29) is 4.90 Å². The number of benzene rings is 2. The van der Waals surface area contributed by atoms with Crippen molar-refractivity contribution in [3.8, 4) is 5.75 Å². The number of fused-ring (bicyclic) bond motifs is 1. The molecule has 4 nitrogen and oxygen atoms in total. The molecule has 0 atom stereocenters. The van der Waals surface area contributed by atoms with Gasteiger partial charge in [0.1, 0.15) is 10.6 Å². The predicted molar refractivity (Wildman–Crippen MR) is 96.6 cm³/mol. The van der Waals surface area contributed by atoms with Crippen molar-refractivity contribution in [3.63, 3.8) is 0 Å². The molecule has 0 bridgehead atoms. The van der Waals surface area contributed by atoms with Gasteiger partial charge < -0.3 is 4.74 Å². The number of nitrogens with one attached hydrogen (secondary N) is 1. The van der Waals surface area contributed by atoms with Crippen LogP contribution in [-0.4, -0.2) is 15.5 Å². The normalized spacial score (nSPS) is 14.1. The Morgan fingerprint density at radius 1 is 1.08 bits per heavy atom. The molecule has 0 amide bonds. The summed E-state index contributed by atoms with van der Waals surface area (Å²) in [5.41, 5.74) is 3.55. The monoisotopic (exact) mass is 365 g/mol. The zero-order valence-corrected chi connectivity index (χ0v) is 15.3. The van der Waals surface area contributed by atoms with Crippen molar-refractivity contribution in [2.45, 2.75) is 37.5 Å². The number of aryl methyl sites for hydroxylation is 3. The van der Waals surface area contributed by atoms with E-state index in [1.54, 1.807) is 24.3 Å². The first-order valence-electron chi connectivity index (χ1n) is 7.89. The van der Waals surface area contributed by atoms with Crippen LogP contribution in [0.15, 0.2) is 35.2 Å². The highest BCUT2D eigenvalue weighted by Crippen LogP contribution is 2.33. The maximum Gasteiger partial charge on any atom is 0.265 e. The second-order valence-corrected chi connectivity index (χ2v) is 8.13. The standard InChI is InChI=1S/C18H20ClNO3S/c1-12-9-15(19)7-8-16(12)20-24(21,22)18-11-14-6-4-3-5-13(14)10-17(18)23-2/h7-11,20H,3-6H2,1-2H3. The van der Waals surface area contributed by atoms with E-state index in [1.165, 1.54) is 12.7 Å². The molecule has 0 saturated carbocycles. The van der Waals surface area contributed by atoms with Gasteiger partial charge >= 0.3 is 0 Å². The van der Waals surface area contributed by atoms with Gasteiger partial charge in [0.25, 0.3) is 10.0 Å².